The van der Waals surface area contributed by atoms with Gasteiger partial charge in [-0.05, 0) is 79.4 Å². The van der Waals surface area contributed by atoms with Crippen LogP contribution in [0, 0.1) is 23.7 Å². The number of rotatable bonds is 1. The van der Waals surface area contributed by atoms with Crippen LogP contribution in [0.15, 0.2) is 40.9 Å². The number of halogens is 1. The molecular formula is C22H22BrN. The van der Waals surface area contributed by atoms with Crippen LogP contribution in [-0.4, -0.2) is 4.98 Å². The standard InChI is InChI=1S/C22H22BrN/c23-18-6-5-17-16-3-1-2-4-19(16)24-22(17)21(18)20-14-8-12-7-13(10-14)11-15(20)9-12/h1-6,12-15,20,24H,7-11H2. The third-order valence-corrected chi connectivity index (χ3v) is 7.92. The maximum atomic E-state index is 3.92. The van der Waals surface area contributed by atoms with Crippen molar-refractivity contribution in [2.45, 2.75) is 38.0 Å². The van der Waals surface area contributed by atoms with Crippen LogP contribution in [0.4, 0.5) is 0 Å². The highest BCUT2D eigenvalue weighted by Gasteiger charge is 2.49. The quantitative estimate of drug-likeness (QED) is 0.488. The zero-order valence-electron chi connectivity index (χ0n) is 13.8. The largest absolute Gasteiger partial charge is 0.354 e. The first-order valence-electron chi connectivity index (χ1n) is 9.46. The van der Waals surface area contributed by atoms with Gasteiger partial charge in [-0.15, -0.1) is 0 Å². The van der Waals surface area contributed by atoms with Crippen molar-refractivity contribution in [3.8, 4) is 0 Å². The van der Waals surface area contributed by atoms with Gasteiger partial charge < -0.3 is 4.98 Å². The smallest absolute Gasteiger partial charge is 0.0511 e. The molecule has 0 unspecified atom stereocenters. The Kier molecular flexibility index (Phi) is 2.84. The fraction of sp³-hybridized carbons (Fsp3) is 0.455. The van der Waals surface area contributed by atoms with E-state index in [-0.39, 0.29) is 0 Å². The van der Waals surface area contributed by atoms with Gasteiger partial charge in [0.05, 0.1) is 5.52 Å². The predicted octanol–water partition coefficient (Wildman–Crippen LogP) is 6.62. The van der Waals surface area contributed by atoms with Gasteiger partial charge in [0.15, 0.2) is 0 Å². The lowest BCUT2D eigenvalue weighted by molar-refractivity contribution is -0.00257. The van der Waals surface area contributed by atoms with E-state index in [4.69, 9.17) is 0 Å². The Morgan fingerprint density at radius 3 is 2.25 bits per heavy atom. The van der Waals surface area contributed by atoms with Crippen molar-refractivity contribution in [3.63, 3.8) is 0 Å². The molecule has 0 atom stereocenters. The summed E-state index contributed by atoms with van der Waals surface area (Å²) >= 11 is 3.92. The maximum absolute atomic E-state index is 3.92. The molecule has 1 N–H and O–H groups in total. The lowest BCUT2D eigenvalue weighted by Crippen LogP contribution is -2.43. The molecule has 4 saturated carbocycles. The van der Waals surface area contributed by atoms with E-state index >= 15 is 0 Å². The van der Waals surface area contributed by atoms with E-state index in [1.165, 1.54) is 58.4 Å². The molecule has 122 valence electrons. The van der Waals surface area contributed by atoms with Crippen molar-refractivity contribution >= 4 is 37.7 Å². The molecule has 3 aromatic rings. The number of nitrogens with one attached hydrogen (secondary N) is 1. The third-order valence-electron chi connectivity index (χ3n) is 7.23. The van der Waals surface area contributed by atoms with Crippen LogP contribution >= 0.6 is 15.9 Å². The molecule has 0 amide bonds. The molecule has 4 bridgehead atoms. The van der Waals surface area contributed by atoms with Crippen molar-refractivity contribution in [2.24, 2.45) is 23.7 Å². The number of fused-ring (bicyclic) bond motifs is 3. The lowest BCUT2D eigenvalue weighted by Gasteiger charge is -2.54. The Hall–Kier alpha value is -1.28. The topological polar surface area (TPSA) is 15.8 Å². The van der Waals surface area contributed by atoms with E-state index in [0.717, 1.165) is 29.6 Å². The van der Waals surface area contributed by atoms with Gasteiger partial charge in [-0.3, -0.25) is 0 Å². The predicted molar refractivity (Wildman–Crippen MR) is 103 cm³/mol. The number of hydrogen-bond acceptors (Lipinski definition) is 0. The van der Waals surface area contributed by atoms with Gasteiger partial charge in [-0.25, -0.2) is 0 Å². The van der Waals surface area contributed by atoms with Crippen LogP contribution in [0.2, 0.25) is 0 Å². The Balaban J connectivity index is 1.60. The highest BCUT2D eigenvalue weighted by molar-refractivity contribution is 9.10. The highest BCUT2D eigenvalue weighted by atomic mass is 79.9. The summed E-state index contributed by atoms with van der Waals surface area (Å²) in [6.07, 6.45) is 7.42. The maximum Gasteiger partial charge on any atom is 0.0511 e. The zero-order chi connectivity index (χ0) is 15.8. The van der Waals surface area contributed by atoms with Gasteiger partial charge in [0.1, 0.15) is 0 Å². The second kappa shape index (κ2) is 4.88. The average Bonchev–Trinajstić information content (AvgIpc) is 2.94. The molecule has 0 radical (unpaired) electrons. The molecule has 0 saturated heterocycles. The van der Waals surface area contributed by atoms with Gasteiger partial charge in [-0.1, -0.05) is 40.2 Å². The summed E-state index contributed by atoms with van der Waals surface area (Å²) < 4.78 is 1.32. The summed E-state index contributed by atoms with van der Waals surface area (Å²) in [7, 11) is 0. The van der Waals surface area contributed by atoms with Crippen molar-refractivity contribution in [1.82, 2.24) is 4.98 Å². The molecule has 4 aliphatic rings. The fourth-order valence-corrected chi connectivity index (χ4v) is 7.23. The summed E-state index contributed by atoms with van der Waals surface area (Å²) in [5, 5.41) is 2.77. The molecule has 1 aromatic heterocycles. The normalized spacial score (nSPS) is 34.5. The van der Waals surface area contributed by atoms with Gasteiger partial charge in [0, 0.05) is 20.8 Å². The van der Waals surface area contributed by atoms with E-state index < -0.39 is 0 Å². The first-order valence-corrected chi connectivity index (χ1v) is 10.3. The molecule has 1 nitrogen and oxygen atoms in total. The van der Waals surface area contributed by atoms with E-state index in [1.54, 1.807) is 5.56 Å². The van der Waals surface area contributed by atoms with Crippen molar-refractivity contribution in [1.29, 1.82) is 0 Å². The average molecular weight is 380 g/mol. The summed E-state index contributed by atoms with van der Waals surface area (Å²) in [5.74, 6) is 4.64. The Bertz CT molecular complexity index is 925. The zero-order valence-corrected chi connectivity index (χ0v) is 15.4. The van der Waals surface area contributed by atoms with E-state index in [2.05, 4.69) is 57.3 Å². The second-order valence-electron chi connectivity index (χ2n) is 8.51. The second-order valence-corrected chi connectivity index (χ2v) is 9.37. The van der Waals surface area contributed by atoms with Gasteiger partial charge in [0.2, 0.25) is 0 Å². The Morgan fingerprint density at radius 1 is 0.792 bits per heavy atom. The van der Waals surface area contributed by atoms with Crippen LogP contribution in [-0.2, 0) is 0 Å². The van der Waals surface area contributed by atoms with Crippen molar-refractivity contribution in [2.75, 3.05) is 0 Å². The molecule has 2 heteroatoms. The third kappa shape index (κ3) is 1.81. The molecule has 24 heavy (non-hydrogen) atoms. The van der Waals surface area contributed by atoms with Crippen molar-refractivity contribution < 1.29 is 0 Å². The summed E-state index contributed by atoms with van der Waals surface area (Å²) in [5.41, 5.74) is 4.25. The number of para-hydroxylation sites is 1. The first-order chi connectivity index (χ1) is 11.8. The summed E-state index contributed by atoms with van der Waals surface area (Å²) in [4.78, 5) is 3.77. The minimum absolute atomic E-state index is 0.754. The van der Waals surface area contributed by atoms with E-state index in [0.29, 0.717) is 0 Å². The van der Waals surface area contributed by atoms with E-state index in [9.17, 15) is 0 Å². The van der Waals surface area contributed by atoms with Crippen LogP contribution < -0.4 is 0 Å². The minimum Gasteiger partial charge on any atom is -0.354 e. The van der Waals surface area contributed by atoms with Crippen LogP contribution in [0.3, 0.4) is 0 Å². The number of H-pyrrole nitrogens is 1. The fourth-order valence-electron chi connectivity index (χ4n) is 6.64. The summed E-state index contributed by atoms with van der Waals surface area (Å²) in [6.45, 7) is 0. The molecule has 4 fully saturated rings. The number of hydrogen-bond donors (Lipinski definition) is 1. The minimum atomic E-state index is 0.754. The van der Waals surface area contributed by atoms with E-state index in [1.807, 2.05) is 0 Å². The molecule has 0 spiro atoms. The van der Waals surface area contributed by atoms with Gasteiger partial charge in [0.25, 0.3) is 0 Å². The van der Waals surface area contributed by atoms with Crippen molar-refractivity contribution in [3.05, 3.63) is 46.4 Å². The number of aromatic nitrogens is 1. The van der Waals surface area contributed by atoms with Gasteiger partial charge >= 0.3 is 0 Å². The SMILES string of the molecule is Brc1ccc2c([nH]c3ccccc32)c1C1C2CC3CC(C2)CC1C3. The first kappa shape index (κ1) is 13.9. The highest BCUT2D eigenvalue weighted by Crippen LogP contribution is 2.61. The Morgan fingerprint density at radius 2 is 1.50 bits per heavy atom. The Labute approximate surface area is 151 Å². The molecule has 7 rings (SSSR count). The number of benzene rings is 2. The van der Waals surface area contributed by atoms with Gasteiger partial charge in [-0.2, -0.15) is 0 Å². The molecule has 2 aromatic carbocycles. The summed E-state index contributed by atoms with van der Waals surface area (Å²) in [6, 6.07) is 13.3. The lowest BCUT2D eigenvalue weighted by atomic mass is 9.50. The monoisotopic (exact) mass is 379 g/mol. The molecular weight excluding hydrogens is 358 g/mol. The van der Waals surface area contributed by atoms with Crippen LogP contribution in [0.1, 0.15) is 43.6 Å². The van der Waals surface area contributed by atoms with Crippen LogP contribution in [0.5, 0.6) is 0 Å². The molecule has 0 aliphatic heterocycles. The number of aromatic amines is 1. The molecule has 4 aliphatic carbocycles. The van der Waals surface area contributed by atoms with Crippen LogP contribution in [0.25, 0.3) is 21.8 Å². The molecule has 1 heterocycles.